The Bertz CT molecular complexity index is 809. The van der Waals surface area contributed by atoms with E-state index in [1.165, 1.54) is 12.1 Å². The Morgan fingerprint density at radius 1 is 1.27 bits per heavy atom. The van der Waals surface area contributed by atoms with E-state index in [2.05, 4.69) is 27.1 Å². The van der Waals surface area contributed by atoms with Crippen LogP contribution in [0.1, 0.15) is 6.92 Å². The second kappa shape index (κ2) is 7.48. The molecule has 1 fully saturated rings. The molecular formula is C16H20FN7O2. The van der Waals surface area contributed by atoms with Gasteiger partial charge in [-0.2, -0.15) is 9.97 Å². The van der Waals surface area contributed by atoms with Gasteiger partial charge in [0.25, 0.3) is 0 Å². The zero-order valence-corrected chi connectivity index (χ0v) is 14.4. The summed E-state index contributed by atoms with van der Waals surface area (Å²) in [5, 5.41) is 14.2. The fraction of sp³-hybridized carbons (Fsp3) is 0.375. The molecule has 0 aliphatic carbocycles. The molecular weight excluding hydrogens is 341 g/mol. The maximum atomic E-state index is 13.8. The number of piperazine rings is 1. The van der Waals surface area contributed by atoms with Crippen LogP contribution in [-0.2, 0) is 0 Å². The number of anilines is 4. The van der Waals surface area contributed by atoms with Gasteiger partial charge in [0, 0.05) is 26.2 Å². The third kappa shape index (κ3) is 3.64. The topological polar surface area (TPSA) is 113 Å². The number of likely N-dealkylation sites (N-methyl/N-ethyl adjacent to an activating group) is 1. The number of benzene rings is 1. The van der Waals surface area contributed by atoms with E-state index in [4.69, 9.17) is 5.73 Å². The fourth-order valence-corrected chi connectivity index (χ4v) is 2.87. The highest BCUT2D eigenvalue weighted by atomic mass is 19.1. The zero-order chi connectivity index (χ0) is 18.7. The summed E-state index contributed by atoms with van der Waals surface area (Å²) in [6.07, 6.45) is 0. The lowest BCUT2D eigenvalue weighted by atomic mass is 10.3. The molecule has 0 radical (unpaired) electrons. The highest BCUT2D eigenvalue weighted by molar-refractivity contribution is 5.72. The molecule has 1 aromatic carbocycles. The van der Waals surface area contributed by atoms with Gasteiger partial charge < -0.3 is 20.9 Å². The van der Waals surface area contributed by atoms with E-state index in [0.29, 0.717) is 13.1 Å². The van der Waals surface area contributed by atoms with Crippen molar-refractivity contribution in [2.24, 2.45) is 0 Å². The minimum atomic E-state index is -0.580. The molecule has 1 aliphatic heterocycles. The van der Waals surface area contributed by atoms with Gasteiger partial charge in [0.2, 0.25) is 17.6 Å². The molecule has 1 saturated heterocycles. The molecule has 2 heterocycles. The predicted molar refractivity (Wildman–Crippen MR) is 97.1 cm³/mol. The summed E-state index contributed by atoms with van der Waals surface area (Å²) in [5.41, 5.74) is 5.66. The molecule has 0 bridgehead atoms. The zero-order valence-electron chi connectivity index (χ0n) is 14.4. The Balaban J connectivity index is 1.95. The van der Waals surface area contributed by atoms with Crippen molar-refractivity contribution in [3.05, 3.63) is 40.2 Å². The number of halogens is 1. The van der Waals surface area contributed by atoms with Crippen molar-refractivity contribution in [1.82, 2.24) is 14.9 Å². The first kappa shape index (κ1) is 17.8. The van der Waals surface area contributed by atoms with E-state index in [9.17, 15) is 14.5 Å². The maximum Gasteiger partial charge on any atom is 0.353 e. The lowest BCUT2D eigenvalue weighted by molar-refractivity contribution is -0.383. The third-order valence-corrected chi connectivity index (χ3v) is 4.31. The van der Waals surface area contributed by atoms with Crippen molar-refractivity contribution >= 4 is 29.0 Å². The molecule has 1 aliphatic rings. The van der Waals surface area contributed by atoms with Gasteiger partial charge >= 0.3 is 5.69 Å². The summed E-state index contributed by atoms with van der Waals surface area (Å²) >= 11 is 0. The average molecular weight is 361 g/mol. The molecule has 0 unspecified atom stereocenters. The van der Waals surface area contributed by atoms with Crippen molar-refractivity contribution in [3.8, 4) is 0 Å². The van der Waals surface area contributed by atoms with Gasteiger partial charge in [-0.05, 0) is 18.7 Å². The minimum Gasteiger partial charge on any atom is -0.378 e. The van der Waals surface area contributed by atoms with Gasteiger partial charge in [0.05, 0.1) is 10.6 Å². The number of nitrogen functional groups attached to an aromatic ring is 1. The molecule has 2 aromatic rings. The highest BCUT2D eigenvalue weighted by Crippen LogP contribution is 2.33. The Kier molecular flexibility index (Phi) is 5.12. The summed E-state index contributed by atoms with van der Waals surface area (Å²) in [4.78, 5) is 23.1. The van der Waals surface area contributed by atoms with Crippen LogP contribution in [0.25, 0.3) is 0 Å². The smallest absolute Gasteiger partial charge is 0.353 e. The van der Waals surface area contributed by atoms with Crippen LogP contribution >= 0.6 is 0 Å². The van der Waals surface area contributed by atoms with Gasteiger partial charge in [-0.3, -0.25) is 10.1 Å². The third-order valence-electron chi connectivity index (χ3n) is 4.31. The van der Waals surface area contributed by atoms with E-state index >= 15 is 0 Å². The maximum absolute atomic E-state index is 13.8. The number of nitrogens with zero attached hydrogens (tertiary/aromatic N) is 5. The van der Waals surface area contributed by atoms with Crippen LogP contribution in [-0.4, -0.2) is 52.5 Å². The molecule has 1 aromatic heterocycles. The molecule has 9 nitrogen and oxygen atoms in total. The Morgan fingerprint density at radius 3 is 2.58 bits per heavy atom. The van der Waals surface area contributed by atoms with Crippen LogP contribution in [0.5, 0.6) is 0 Å². The minimum absolute atomic E-state index is 0.0196. The second-order valence-corrected chi connectivity index (χ2v) is 5.89. The molecule has 3 N–H and O–H groups in total. The van der Waals surface area contributed by atoms with Crippen LogP contribution in [0.15, 0.2) is 24.3 Å². The summed E-state index contributed by atoms with van der Waals surface area (Å²) in [6.45, 7) is 5.70. The quantitative estimate of drug-likeness (QED) is 0.614. The first-order valence-corrected chi connectivity index (χ1v) is 8.30. The van der Waals surface area contributed by atoms with Gasteiger partial charge in [0.15, 0.2) is 0 Å². The Labute approximate surface area is 149 Å². The van der Waals surface area contributed by atoms with E-state index < -0.39 is 10.7 Å². The van der Waals surface area contributed by atoms with Gasteiger partial charge in [-0.1, -0.05) is 19.1 Å². The predicted octanol–water partition coefficient (Wildman–Crippen LogP) is 1.99. The van der Waals surface area contributed by atoms with Crippen molar-refractivity contribution in [2.75, 3.05) is 48.7 Å². The molecule has 3 rings (SSSR count). The summed E-state index contributed by atoms with van der Waals surface area (Å²) < 4.78 is 13.8. The lowest BCUT2D eigenvalue weighted by Gasteiger charge is -2.34. The average Bonchev–Trinajstić information content (AvgIpc) is 2.63. The number of nitrogens with two attached hydrogens (primary N) is 1. The number of nitrogens with one attached hydrogen (secondary N) is 1. The molecule has 0 amide bonds. The highest BCUT2D eigenvalue weighted by Gasteiger charge is 2.29. The van der Waals surface area contributed by atoms with Crippen LogP contribution in [0.2, 0.25) is 0 Å². The molecule has 26 heavy (non-hydrogen) atoms. The number of hydrogen-bond donors (Lipinski definition) is 2. The van der Waals surface area contributed by atoms with E-state index in [0.717, 1.165) is 19.6 Å². The van der Waals surface area contributed by atoms with Gasteiger partial charge in [-0.25, -0.2) is 4.39 Å². The second-order valence-electron chi connectivity index (χ2n) is 5.89. The Morgan fingerprint density at radius 2 is 1.96 bits per heavy atom. The molecule has 0 atom stereocenters. The molecule has 0 spiro atoms. The van der Waals surface area contributed by atoms with Crippen molar-refractivity contribution in [1.29, 1.82) is 0 Å². The normalized spacial score (nSPS) is 15.1. The number of para-hydroxylation sites is 1. The number of rotatable bonds is 5. The van der Waals surface area contributed by atoms with E-state index in [1.807, 2.05) is 4.90 Å². The van der Waals surface area contributed by atoms with Crippen LogP contribution in [0.3, 0.4) is 0 Å². The first-order valence-electron chi connectivity index (χ1n) is 8.30. The van der Waals surface area contributed by atoms with Crippen molar-refractivity contribution in [3.63, 3.8) is 0 Å². The number of aromatic nitrogens is 2. The fourth-order valence-electron chi connectivity index (χ4n) is 2.87. The van der Waals surface area contributed by atoms with Gasteiger partial charge in [-0.15, -0.1) is 0 Å². The molecule has 10 heteroatoms. The largest absolute Gasteiger partial charge is 0.378 e. The number of nitro groups is 1. The van der Waals surface area contributed by atoms with Crippen molar-refractivity contribution in [2.45, 2.75) is 6.92 Å². The SMILES string of the molecule is CCN1CCN(c2nc(Nc3ccccc3F)nc(N)c2[N+](=O)[O-])CC1. The van der Waals surface area contributed by atoms with Crippen LogP contribution < -0.4 is 16.0 Å². The van der Waals surface area contributed by atoms with E-state index in [-0.39, 0.29) is 29.0 Å². The lowest BCUT2D eigenvalue weighted by Crippen LogP contribution is -2.46. The summed E-state index contributed by atoms with van der Waals surface area (Å²) in [6, 6.07) is 6.03. The summed E-state index contributed by atoms with van der Waals surface area (Å²) in [7, 11) is 0. The van der Waals surface area contributed by atoms with E-state index in [1.54, 1.807) is 12.1 Å². The molecule has 138 valence electrons. The van der Waals surface area contributed by atoms with Crippen LogP contribution in [0, 0.1) is 15.9 Å². The van der Waals surface area contributed by atoms with Gasteiger partial charge in [0.1, 0.15) is 5.82 Å². The molecule has 0 saturated carbocycles. The van der Waals surface area contributed by atoms with Crippen LogP contribution in [0.4, 0.5) is 33.3 Å². The monoisotopic (exact) mass is 361 g/mol. The number of hydrogen-bond acceptors (Lipinski definition) is 8. The standard InChI is InChI=1S/C16H20FN7O2/c1-2-22-7-9-23(10-8-22)15-13(24(25)26)14(18)20-16(21-15)19-12-6-4-3-5-11(12)17/h3-6H,2,7-10H2,1H3,(H3,18,19,20,21). The Hall–Kier alpha value is -3.01. The first-order chi connectivity index (χ1) is 12.5. The summed E-state index contributed by atoms with van der Waals surface area (Å²) in [5.74, 6) is -0.564. The van der Waals surface area contributed by atoms with Crippen molar-refractivity contribution < 1.29 is 9.31 Å².